The van der Waals surface area contributed by atoms with Crippen LogP contribution in [-0.4, -0.2) is 25.8 Å². The molecule has 0 radical (unpaired) electrons. The molecule has 0 bridgehead atoms. The van der Waals surface area contributed by atoms with Crippen molar-refractivity contribution in [3.63, 3.8) is 0 Å². The highest BCUT2D eigenvalue weighted by atomic mass is 79.9. The highest BCUT2D eigenvalue weighted by molar-refractivity contribution is 9.10. The van der Waals surface area contributed by atoms with Gasteiger partial charge in [0.25, 0.3) is 0 Å². The molecule has 8 heteroatoms. The first kappa shape index (κ1) is 21.9. The normalized spacial score (nSPS) is 15.1. The Balaban J connectivity index is 2.63. The molecule has 0 aliphatic carbocycles. The molecular formula is C19H22BrNO4S2. The number of Topliss-reactive ketones (excluding diaryl/α,β-unsaturated/α-hetero) is 1. The van der Waals surface area contributed by atoms with Crippen LogP contribution >= 0.6 is 27.3 Å². The number of carboxylic acid groups (broad SMARTS) is 1. The van der Waals surface area contributed by atoms with Gasteiger partial charge in [-0.1, -0.05) is 28.1 Å². The standard InChI is InChI=1S/C19H22BrNO4S2/c1-18(2,3)27(25)21-19(14-7-8-26-12-14,11-16(22)10-17(23)24)13-5-4-6-15(20)9-13/h4-9,12,21H,10-11H2,1-3H3,(H,23,24). The van der Waals surface area contributed by atoms with E-state index in [9.17, 15) is 13.8 Å². The minimum absolute atomic E-state index is 0.117. The van der Waals surface area contributed by atoms with E-state index >= 15 is 0 Å². The molecule has 0 fully saturated rings. The zero-order valence-corrected chi connectivity index (χ0v) is 18.5. The molecule has 146 valence electrons. The van der Waals surface area contributed by atoms with Crippen molar-refractivity contribution in [3.8, 4) is 0 Å². The third-order valence-electron chi connectivity index (χ3n) is 3.97. The fourth-order valence-corrected chi connectivity index (χ4v) is 4.68. The average molecular weight is 472 g/mol. The summed E-state index contributed by atoms with van der Waals surface area (Å²) in [6, 6.07) is 9.28. The Morgan fingerprint density at radius 1 is 1.22 bits per heavy atom. The maximum Gasteiger partial charge on any atom is 0.310 e. The predicted octanol–water partition coefficient (Wildman–Crippen LogP) is 4.24. The summed E-state index contributed by atoms with van der Waals surface area (Å²) >= 11 is 4.91. The molecule has 0 saturated heterocycles. The Kier molecular flexibility index (Phi) is 7.13. The summed E-state index contributed by atoms with van der Waals surface area (Å²) in [6.45, 7) is 5.53. The number of benzene rings is 1. The monoisotopic (exact) mass is 471 g/mol. The quantitative estimate of drug-likeness (QED) is 0.563. The molecule has 5 nitrogen and oxygen atoms in total. The number of carbonyl (C=O) groups is 2. The highest BCUT2D eigenvalue weighted by Gasteiger charge is 2.40. The summed E-state index contributed by atoms with van der Waals surface area (Å²) in [5.41, 5.74) is 0.433. The second-order valence-corrected chi connectivity index (χ2v) is 10.9. The van der Waals surface area contributed by atoms with Crippen molar-refractivity contribution in [1.82, 2.24) is 4.72 Å². The number of carboxylic acids is 1. The minimum atomic E-state index is -1.49. The zero-order valence-electron chi connectivity index (χ0n) is 15.3. The Morgan fingerprint density at radius 3 is 2.44 bits per heavy atom. The minimum Gasteiger partial charge on any atom is -0.481 e. The molecule has 2 rings (SSSR count). The van der Waals surface area contributed by atoms with Gasteiger partial charge in [0.05, 0.1) is 21.3 Å². The van der Waals surface area contributed by atoms with E-state index in [0.717, 1.165) is 15.6 Å². The Bertz CT molecular complexity index is 846. The Labute approximate surface area is 173 Å². The lowest BCUT2D eigenvalue weighted by Crippen LogP contribution is -2.50. The summed E-state index contributed by atoms with van der Waals surface area (Å²) in [6.07, 6.45) is -0.696. The van der Waals surface area contributed by atoms with Crippen LogP contribution in [0.1, 0.15) is 44.7 Å². The van der Waals surface area contributed by atoms with Crippen molar-refractivity contribution >= 4 is 50.0 Å². The van der Waals surface area contributed by atoms with Gasteiger partial charge in [0.2, 0.25) is 0 Å². The molecular weight excluding hydrogens is 450 g/mol. The lowest BCUT2D eigenvalue weighted by molar-refractivity contribution is -0.140. The summed E-state index contributed by atoms with van der Waals surface area (Å²) in [5.74, 6) is -1.61. The van der Waals surface area contributed by atoms with Crippen LogP contribution in [-0.2, 0) is 26.1 Å². The van der Waals surface area contributed by atoms with Crippen LogP contribution in [0.2, 0.25) is 0 Å². The number of rotatable bonds is 8. The number of hydrogen-bond acceptors (Lipinski definition) is 4. The summed E-state index contributed by atoms with van der Waals surface area (Å²) < 4.78 is 16.4. The van der Waals surface area contributed by atoms with E-state index in [0.29, 0.717) is 0 Å². The van der Waals surface area contributed by atoms with Crippen molar-refractivity contribution in [2.24, 2.45) is 0 Å². The largest absolute Gasteiger partial charge is 0.481 e. The number of aliphatic carboxylic acids is 1. The van der Waals surface area contributed by atoms with E-state index in [-0.39, 0.29) is 6.42 Å². The number of ketones is 1. The van der Waals surface area contributed by atoms with E-state index in [1.54, 1.807) is 0 Å². The highest BCUT2D eigenvalue weighted by Crippen LogP contribution is 2.37. The van der Waals surface area contributed by atoms with E-state index in [1.165, 1.54) is 11.3 Å². The van der Waals surface area contributed by atoms with Gasteiger partial charge in [0.1, 0.15) is 12.2 Å². The number of carbonyl (C=O) groups excluding carboxylic acids is 1. The summed E-state index contributed by atoms with van der Waals surface area (Å²) in [4.78, 5) is 23.6. The smallest absolute Gasteiger partial charge is 0.310 e. The maximum atomic E-state index is 13.0. The molecule has 1 heterocycles. The molecule has 0 spiro atoms. The Morgan fingerprint density at radius 2 is 1.93 bits per heavy atom. The number of hydrogen-bond donors (Lipinski definition) is 2. The fourth-order valence-electron chi connectivity index (χ4n) is 2.62. The topological polar surface area (TPSA) is 83.5 Å². The zero-order chi connectivity index (χ0) is 20.2. The second-order valence-electron chi connectivity index (χ2n) is 7.20. The van der Waals surface area contributed by atoms with Crippen molar-refractivity contribution in [3.05, 3.63) is 56.7 Å². The van der Waals surface area contributed by atoms with Gasteiger partial charge in [0.15, 0.2) is 0 Å². The van der Waals surface area contributed by atoms with E-state index in [2.05, 4.69) is 20.7 Å². The molecule has 2 aromatic rings. The molecule has 2 N–H and O–H groups in total. The lowest BCUT2D eigenvalue weighted by atomic mass is 9.80. The van der Waals surface area contributed by atoms with Crippen LogP contribution in [0.4, 0.5) is 0 Å². The first-order valence-corrected chi connectivity index (χ1v) is 11.1. The van der Waals surface area contributed by atoms with Crippen LogP contribution in [0.5, 0.6) is 0 Å². The van der Waals surface area contributed by atoms with Gasteiger partial charge in [-0.2, -0.15) is 11.3 Å². The first-order chi connectivity index (χ1) is 12.5. The summed E-state index contributed by atoms with van der Waals surface area (Å²) in [7, 11) is -1.49. The molecule has 1 aromatic heterocycles. The van der Waals surface area contributed by atoms with Crippen LogP contribution in [0.25, 0.3) is 0 Å². The van der Waals surface area contributed by atoms with Crippen LogP contribution in [0.15, 0.2) is 45.6 Å². The van der Waals surface area contributed by atoms with E-state index in [4.69, 9.17) is 5.11 Å². The molecule has 2 unspecified atom stereocenters. The SMILES string of the molecule is CC(C)(C)S(=O)NC(CC(=O)CC(=O)O)(c1ccsc1)c1cccc(Br)c1. The third kappa shape index (κ3) is 5.57. The van der Waals surface area contributed by atoms with Crippen molar-refractivity contribution in [1.29, 1.82) is 0 Å². The number of thiophene rings is 1. The predicted molar refractivity (Wildman–Crippen MR) is 112 cm³/mol. The number of nitrogens with one attached hydrogen (secondary N) is 1. The second kappa shape index (κ2) is 8.77. The van der Waals surface area contributed by atoms with Gasteiger partial charge in [-0.15, -0.1) is 0 Å². The summed E-state index contributed by atoms with van der Waals surface area (Å²) in [5, 5.41) is 12.8. The van der Waals surface area contributed by atoms with Gasteiger partial charge in [0, 0.05) is 10.9 Å². The number of halogens is 1. The molecule has 0 aliphatic heterocycles. The third-order valence-corrected chi connectivity index (χ3v) is 6.79. The maximum absolute atomic E-state index is 13.0. The van der Waals surface area contributed by atoms with Crippen molar-refractivity contribution in [2.75, 3.05) is 0 Å². The van der Waals surface area contributed by atoms with Crippen molar-refractivity contribution in [2.45, 2.75) is 43.9 Å². The van der Waals surface area contributed by atoms with Gasteiger partial charge < -0.3 is 5.11 Å². The molecule has 27 heavy (non-hydrogen) atoms. The van der Waals surface area contributed by atoms with E-state index < -0.39 is 39.4 Å². The van der Waals surface area contributed by atoms with Gasteiger partial charge in [-0.05, 0) is 60.9 Å². The van der Waals surface area contributed by atoms with Crippen LogP contribution in [0, 0.1) is 0 Å². The van der Waals surface area contributed by atoms with Gasteiger partial charge in [-0.25, -0.2) is 8.93 Å². The fraction of sp³-hybridized carbons (Fsp3) is 0.368. The molecule has 0 saturated carbocycles. The Hall–Kier alpha value is -1.35. The van der Waals surface area contributed by atoms with Crippen LogP contribution in [0.3, 0.4) is 0 Å². The average Bonchev–Trinajstić information content (AvgIpc) is 3.07. The molecule has 0 amide bonds. The van der Waals surface area contributed by atoms with Crippen molar-refractivity contribution < 1.29 is 18.9 Å². The molecule has 1 aromatic carbocycles. The van der Waals surface area contributed by atoms with Crippen LogP contribution < -0.4 is 4.72 Å². The van der Waals surface area contributed by atoms with Gasteiger partial charge >= 0.3 is 5.97 Å². The van der Waals surface area contributed by atoms with Gasteiger partial charge in [-0.3, -0.25) is 9.59 Å². The first-order valence-electron chi connectivity index (χ1n) is 8.26. The lowest BCUT2D eigenvalue weighted by Gasteiger charge is -2.36. The molecule has 2 atom stereocenters. The van der Waals surface area contributed by atoms with E-state index in [1.807, 2.05) is 61.9 Å². The molecule has 0 aliphatic rings.